The van der Waals surface area contributed by atoms with Crippen LogP contribution in [0, 0.1) is 0 Å². The smallest absolute Gasteiger partial charge is 0.214 e. The highest BCUT2D eigenvalue weighted by molar-refractivity contribution is 7.89. The van der Waals surface area contributed by atoms with Gasteiger partial charge in [0.1, 0.15) is 0 Å². The Bertz CT molecular complexity index is 501. The maximum absolute atomic E-state index is 12.2. The average Bonchev–Trinajstić information content (AvgIpc) is 2.37. The van der Waals surface area contributed by atoms with E-state index in [9.17, 15) is 8.42 Å². The lowest BCUT2D eigenvalue weighted by atomic mass is 10.2. The molecule has 1 aromatic rings. The molecule has 2 N–H and O–H groups in total. The predicted molar refractivity (Wildman–Crippen MR) is 82.6 cm³/mol. The van der Waals surface area contributed by atoms with Crippen molar-refractivity contribution in [1.29, 1.82) is 0 Å². The minimum Gasteiger partial charge on any atom is -0.392 e. The number of thiocarbonyl (C=S) groups is 1. The van der Waals surface area contributed by atoms with Gasteiger partial charge in [0.2, 0.25) is 10.0 Å². The summed E-state index contributed by atoms with van der Waals surface area (Å²) in [6, 6.07) is 9.57. The number of aryl methyl sites for hydroxylation is 1. The van der Waals surface area contributed by atoms with Gasteiger partial charge in [-0.05, 0) is 18.4 Å². The van der Waals surface area contributed by atoms with Crippen LogP contribution in [0.25, 0.3) is 0 Å². The first-order chi connectivity index (χ1) is 8.95. The van der Waals surface area contributed by atoms with E-state index in [2.05, 4.69) is 0 Å². The van der Waals surface area contributed by atoms with E-state index < -0.39 is 10.0 Å². The van der Waals surface area contributed by atoms with Crippen LogP contribution >= 0.6 is 12.2 Å². The van der Waals surface area contributed by atoms with Crippen LogP contribution in [0.5, 0.6) is 0 Å². The van der Waals surface area contributed by atoms with Gasteiger partial charge in [0.15, 0.2) is 0 Å². The van der Waals surface area contributed by atoms with E-state index in [0.717, 1.165) is 12.0 Å². The van der Waals surface area contributed by atoms with Crippen LogP contribution in [0.4, 0.5) is 0 Å². The second kappa shape index (κ2) is 7.57. The van der Waals surface area contributed by atoms with Crippen LogP contribution in [-0.4, -0.2) is 36.6 Å². The number of nitrogens with zero attached hydrogens (tertiary/aromatic N) is 1. The molecule has 0 saturated heterocycles. The van der Waals surface area contributed by atoms with Crippen molar-refractivity contribution in [2.24, 2.45) is 5.73 Å². The molecule has 1 rings (SSSR count). The Labute approximate surface area is 120 Å². The first-order valence-corrected chi connectivity index (χ1v) is 8.27. The summed E-state index contributed by atoms with van der Waals surface area (Å²) in [4.78, 5) is 0.205. The normalized spacial score (nSPS) is 11.7. The van der Waals surface area contributed by atoms with E-state index in [0.29, 0.717) is 13.0 Å². The van der Waals surface area contributed by atoms with Crippen molar-refractivity contribution < 1.29 is 8.42 Å². The molecule has 0 heterocycles. The van der Waals surface area contributed by atoms with E-state index in [1.54, 1.807) is 0 Å². The zero-order valence-corrected chi connectivity index (χ0v) is 12.7. The van der Waals surface area contributed by atoms with Crippen molar-refractivity contribution in [2.45, 2.75) is 19.8 Å². The van der Waals surface area contributed by atoms with E-state index in [1.807, 2.05) is 37.3 Å². The molecule has 0 aliphatic carbocycles. The molecule has 0 spiro atoms. The molecule has 1 aromatic carbocycles. The topological polar surface area (TPSA) is 63.4 Å². The number of rotatable bonds is 8. The Kier molecular flexibility index (Phi) is 6.41. The number of benzene rings is 1. The van der Waals surface area contributed by atoms with Gasteiger partial charge in [-0.2, -0.15) is 4.31 Å². The van der Waals surface area contributed by atoms with Crippen LogP contribution < -0.4 is 5.73 Å². The van der Waals surface area contributed by atoms with Gasteiger partial charge < -0.3 is 5.73 Å². The first kappa shape index (κ1) is 16.1. The van der Waals surface area contributed by atoms with Gasteiger partial charge in [-0.15, -0.1) is 0 Å². The van der Waals surface area contributed by atoms with Crippen LogP contribution in [0.2, 0.25) is 0 Å². The monoisotopic (exact) mass is 300 g/mol. The van der Waals surface area contributed by atoms with Crippen molar-refractivity contribution in [3.8, 4) is 0 Å². The van der Waals surface area contributed by atoms with Crippen molar-refractivity contribution >= 4 is 27.2 Å². The predicted octanol–water partition coefficient (Wildman–Crippen LogP) is 1.56. The van der Waals surface area contributed by atoms with Crippen LogP contribution in [0.3, 0.4) is 0 Å². The summed E-state index contributed by atoms with van der Waals surface area (Å²) in [6.07, 6.45) is 1.24. The molecule has 0 atom stereocenters. The number of hydrogen-bond donors (Lipinski definition) is 1. The van der Waals surface area contributed by atoms with E-state index in [-0.39, 0.29) is 17.3 Å². The second-order valence-corrected chi connectivity index (χ2v) is 6.96. The van der Waals surface area contributed by atoms with Crippen LogP contribution in [-0.2, 0) is 16.4 Å². The van der Waals surface area contributed by atoms with Crippen molar-refractivity contribution in [2.75, 3.05) is 18.8 Å². The molecule has 6 heteroatoms. The standard InChI is InChI=1S/C13H20N2O2S2/c1-2-9-15(11-13(14)18)19(16,17)10-8-12-6-4-3-5-7-12/h3-7H,2,8-11H2,1H3,(H2,14,18). The first-order valence-electron chi connectivity index (χ1n) is 6.25. The molecule has 0 fully saturated rings. The Morgan fingerprint density at radius 3 is 2.47 bits per heavy atom. The van der Waals surface area contributed by atoms with Gasteiger partial charge in [-0.3, -0.25) is 0 Å². The minimum atomic E-state index is -3.31. The SMILES string of the molecule is CCCN(CC(N)=S)S(=O)(=O)CCc1ccccc1. The summed E-state index contributed by atoms with van der Waals surface area (Å²) in [5.74, 6) is 0.0830. The summed E-state index contributed by atoms with van der Waals surface area (Å²) < 4.78 is 25.9. The van der Waals surface area contributed by atoms with Gasteiger partial charge in [-0.1, -0.05) is 49.5 Å². The summed E-state index contributed by atoms with van der Waals surface area (Å²) in [5, 5.41) is 0. The Hall–Kier alpha value is -0.980. The maximum Gasteiger partial charge on any atom is 0.214 e. The van der Waals surface area contributed by atoms with Crippen molar-refractivity contribution in [3.63, 3.8) is 0 Å². The second-order valence-electron chi connectivity index (χ2n) is 4.35. The largest absolute Gasteiger partial charge is 0.392 e. The summed E-state index contributed by atoms with van der Waals surface area (Å²) in [5.41, 5.74) is 6.46. The van der Waals surface area contributed by atoms with Crippen molar-refractivity contribution in [1.82, 2.24) is 4.31 Å². The molecule has 0 bridgehead atoms. The average molecular weight is 300 g/mol. The third kappa shape index (κ3) is 5.67. The quantitative estimate of drug-likeness (QED) is 0.740. The molecular formula is C13H20N2O2S2. The van der Waals surface area contributed by atoms with Gasteiger partial charge in [0, 0.05) is 6.54 Å². The molecule has 0 aliphatic heterocycles. The minimum absolute atomic E-state index is 0.0830. The lowest BCUT2D eigenvalue weighted by Gasteiger charge is -2.20. The molecule has 0 amide bonds. The fraction of sp³-hybridized carbons (Fsp3) is 0.462. The number of sulfonamides is 1. The summed E-state index contributed by atoms with van der Waals surface area (Å²) in [7, 11) is -3.31. The molecule has 0 saturated carbocycles. The molecular weight excluding hydrogens is 280 g/mol. The Morgan fingerprint density at radius 1 is 1.32 bits per heavy atom. The molecule has 0 aromatic heterocycles. The zero-order valence-electron chi connectivity index (χ0n) is 11.1. The zero-order chi connectivity index (χ0) is 14.3. The fourth-order valence-corrected chi connectivity index (χ4v) is 3.55. The summed E-state index contributed by atoms with van der Waals surface area (Å²) in [6.45, 7) is 2.51. The Morgan fingerprint density at radius 2 is 1.95 bits per heavy atom. The van der Waals surface area contributed by atoms with Gasteiger partial charge in [0.05, 0.1) is 17.3 Å². The fourth-order valence-electron chi connectivity index (χ4n) is 1.76. The van der Waals surface area contributed by atoms with Crippen LogP contribution in [0.15, 0.2) is 30.3 Å². The van der Waals surface area contributed by atoms with E-state index >= 15 is 0 Å². The summed E-state index contributed by atoms with van der Waals surface area (Å²) >= 11 is 4.80. The van der Waals surface area contributed by atoms with Crippen molar-refractivity contribution in [3.05, 3.63) is 35.9 Å². The number of nitrogens with two attached hydrogens (primary N) is 1. The number of hydrogen-bond acceptors (Lipinski definition) is 3. The molecule has 0 radical (unpaired) electrons. The molecule has 0 aliphatic rings. The third-order valence-electron chi connectivity index (χ3n) is 2.69. The van der Waals surface area contributed by atoms with Gasteiger partial charge in [-0.25, -0.2) is 8.42 Å². The lowest BCUT2D eigenvalue weighted by Crippen LogP contribution is -2.39. The highest BCUT2D eigenvalue weighted by Gasteiger charge is 2.21. The highest BCUT2D eigenvalue weighted by Crippen LogP contribution is 2.07. The van der Waals surface area contributed by atoms with E-state index in [4.69, 9.17) is 18.0 Å². The highest BCUT2D eigenvalue weighted by atomic mass is 32.2. The molecule has 19 heavy (non-hydrogen) atoms. The molecule has 0 unspecified atom stereocenters. The molecule has 106 valence electrons. The van der Waals surface area contributed by atoms with Gasteiger partial charge >= 0.3 is 0 Å². The maximum atomic E-state index is 12.2. The van der Waals surface area contributed by atoms with Gasteiger partial charge in [0.25, 0.3) is 0 Å². The lowest BCUT2D eigenvalue weighted by molar-refractivity contribution is 0.449. The molecule has 4 nitrogen and oxygen atoms in total. The Balaban J connectivity index is 2.69. The van der Waals surface area contributed by atoms with Crippen LogP contribution in [0.1, 0.15) is 18.9 Å². The third-order valence-corrected chi connectivity index (χ3v) is 4.64. The van der Waals surface area contributed by atoms with E-state index in [1.165, 1.54) is 4.31 Å².